The molecule has 3 aliphatic rings. The Morgan fingerprint density at radius 3 is 2.67 bits per heavy atom. The van der Waals surface area contributed by atoms with E-state index >= 15 is 0 Å². The summed E-state index contributed by atoms with van der Waals surface area (Å²) in [5.74, 6) is 1.45. The molecule has 4 rings (SSSR count). The van der Waals surface area contributed by atoms with Gasteiger partial charge in [-0.25, -0.2) is 0 Å². The van der Waals surface area contributed by atoms with E-state index in [2.05, 4.69) is 5.32 Å². The van der Waals surface area contributed by atoms with E-state index in [0.29, 0.717) is 22.8 Å². The van der Waals surface area contributed by atoms with E-state index in [1.807, 2.05) is 6.07 Å². The van der Waals surface area contributed by atoms with E-state index < -0.39 is 11.6 Å². The summed E-state index contributed by atoms with van der Waals surface area (Å²) in [5.41, 5.74) is 11.2. The van der Waals surface area contributed by atoms with Crippen LogP contribution in [0.1, 0.15) is 25.7 Å². The van der Waals surface area contributed by atoms with Crippen molar-refractivity contribution in [2.75, 3.05) is 6.79 Å². The van der Waals surface area contributed by atoms with Crippen LogP contribution < -0.4 is 31.0 Å². The standard InChI is InChI=1S/C19H23N3O4.ClH/c20-13-5-3-12(4-6-13)19(15(18(21)23)2-1-9-22-19)26-14-7-8-16-17(10-14)25-11-24-16;/h1-2,7-10,12-13,22H,3-6,11,20H2,(H2,21,23);1H. The zero-order valence-electron chi connectivity index (χ0n) is 14.9. The van der Waals surface area contributed by atoms with E-state index in [1.165, 1.54) is 0 Å². The number of amides is 1. The Bertz CT molecular complexity index is 774. The Morgan fingerprint density at radius 1 is 1.19 bits per heavy atom. The summed E-state index contributed by atoms with van der Waals surface area (Å²) in [5, 5.41) is 3.28. The summed E-state index contributed by atoms with van der Waals surface area (Å²) in [7, 11) is 0. The lowest BCUT2D eigenvalue weighted by Gasteiger charge is -2.45. The highest BCUT2D eigenvalue weighted by atomic mass is 35.5. The van der Waals surface area contributed by atoms with Crippen molar-refractivity contribution >= 4 is 18.3 Å². The molecule has 1 unspecified atom stereocenters. The summed E-state index contributed by atoms with van der Waals surface area (Å²) in [6.07, 6.45) is 8.72. The highest BCUT2D eigenvalue weighted by Crippen LogP contribution is 2.42. The summed E-state index contributed by atoms with van der Waals surface area (Å²) in [4.78, 5) is 12.2. The van der Waals surface area contributed by atoms with Crippen LogP contribution in [0.25, 0.3) is 0 Å². The molecule has 1 amide bonds. The monoisotopic (exact) mass is 393 g/mol. The van der Waals surface area contributed by atoms with E-state index in [0.717, 1.165) is 25.7 Å². The summed E-state index contributed by atoms with van der Waals surface area (Å²) >= 11 is 0. The van der Waals surface area contributed by atoms with Gasteiger partial charge in [-0.2, -0.15) is 0 Å². The Kier molecular flexibility index (Phi) is 5.53. The smallest absolute Gasteiger partial charge is 0.250 e. The predicted octanol–water partition coefficient (Wildman–Crippen LogP) is 1.96. The first-order valence-electron chi connectivity index (χ1n) is 8.87. The van der Waals surface area contributed by atoms with Gasteiger partial charge in [-0.1, -0.05) is 0 Å². The van der Waals surface area contributed by atoms with Gasteiger partial charge in [0.2, 0.25) is 12.5 Å². The minimum atomic E-state index is -1.02. The number of carbonyl (C=O) groups excluding carboxylic acids is 1. The number of benzene rings is 1. The Labute approximate surface area is 164 Å². The van der Waals surface area contributed by atoms with Crippen LogP contribution in [0.4, 0.5) is 0 Å². The second-order valence-corrected chi connectivity index (χ2v) is 6.91. The van der Waals surface area contributed by atoms with Crippen LogP contribution >= 0.6 is 12.4 Å². The van der Waals surface area contributed by atoms with Crippen LogP contribution in [0.3, 0.4) is 0 Å². The van der Waals surface area contributed by atoms with Gasteiger partial charge in [0.25, 0.3) is 5.91 Å². The number of halogens is 1. The van der Waals surface area contributed by atoms with Crippen LogP contribution in [0.15, 0.2) is 42.1 Å². The molecule has 146 valence electrons. The van der Waals surface area contributed by atoms with Gasteiger partial charge in [-0.05, 0) is 50.0 Å². The van der Waals surface area contributed by atoms with Crippen molar-refractivity contribution in [1.29, 1.82) is 0 Å². The average molecular weight is 394 g/mol. The molecule has 1 saturated carbocycles. The van der Waals surface area contributed by atoms with Crippen molar-refractivity contribution in [3.63, 3.8) is 0 Å². The molecule has 0 aromatic heterocycles. The highest BCUT2D eigenvalue weighted by molar-refractivity contribution is 5.94. The number of fused-ring (bicyclic) bond motifs is 1. The van der Waals surface area contributed by atoms with Crippen molar-refractivity contribution in [2.45, 2.75) is 37.5 Å². The Balaban J connectivity index is 0.00000210. The van der Waals surface area contributed by atoms with Crippen LogP contribution in [0.2, 0.25) is 0 Å². The lowest BCUT2D eigenvalue weighted by Crippen LogP contribution is -2.59. The number of carbonyl (C=O) groups is 1. The first kappa shape index (κ1) is 19.4. The van der Waals surface area contributed by atoms with Gasteiger partial charge in [0.05, 0.1) is 5.57 Å². The molecule has 2 heterocycles. The predicted molar refractivity (Wildman–Crippen MR) is 103 cm³/mol. The molecule has 0 saturated heterocycles. The van der Waals surface area contributed by atoms with Crippen molar-refractivity contribution < 1.29 is 19.0 Å². The van der Waals surface area contributed by atoms with Crippen LogP contribution in [0, 0.1) is 5.92 Å². The maximum Gasteiger partial charge on any atom is 0.250 e. The fraction of sp³-hybridized carbons (Fsp3) is 0.421. The molecule has 1 aromatic carbocycles. The number of hydrogen-bond donors (Lipinski definition) is 3. The van der Waals surface area contributed by atoms with Gasteiger partial charge in [0, 0.05) is 24.2 Å². The fourth-order valence-electron chi connectivity index (χ4n) is 3.94. The van der Waals surface area contributed by atoms with E-state index in [-0.39, 0.29) is 31.2 Å². The van der Waals surface area contributed by atoms with Gasteiger partial charge in [0.1, 0.15) is 5.75 Å². The first-order chi connectivity index (χ1) is 12.6. The van der Waals surface area contributed by atoms with Crippen molar-refractivity contribution in [1.82, 2.24) is 5.32 Å². The molecule has 2 aliphatic heterocycles. The third-order valence-electron chi connectivity index (χ3n) is 5.29. The molecule has 8 heteroatoms. The second-order valence-electron chi connectivity index (χ2n) is 6.91. The largest absolute Gasteiger partial charge is 0.463 e. The molecule has 5 N–H and O–H groups in total. The highest BCUT2D eigenvalue weighted by Gasteiger charge is 2.48. The van der Waals surface area contributed by atoms with Gasteiger partial charge in [-0.3, -0.25) is 4.79 Å². The maximum absolute atomic E-state index is 12.2. The lowest BCUT2D eigenvalue weighted by atomic mass is 9.75. The Hall–Kier alpha value is -2.38. The van der Waals surface area contributed by atoms with Gasteiger partial charge in [-0.15, -0.1) is 12.4 Å². The molecule has 0 radical (unpaired) electrons. The molecule has 1 aromatic rings. The maximum atomic E-state index is 12.2. The number of dihydropyridines is 1. The topological polar surface area (TPSA) is 109 Å². The fourth-order valence-corrected chi connectivity index (χ4v) is 3.94. The SMILES string of the molecule is Cl.NC(=O)C1=CC=CNC1(Oc1ccc2c(c1)OCO2)C1CCC(N)CC1. The van der Waals surface area contributed by atoms with E-state index in [1.54, 1.807) is 30.5 Å². The van der Waals surface area contributed by atoms with Crippen molar-refractivity contribution in [3.8, 4) is 17.2 Å². The van der Waals surface area contributed by atoms with Gasteiger partial charge < -0.3 is 31.0 Å². The molecule has 0 bridgehead atoms. The minimum absolute atomic E-state index is 0. The van der Waals surface area contributed by atoms with E-state index in [4.69, 9.17) is 25.7 Å². The molecule has 1 aliphatic carbocycles. The van der Waals surface area contributed by atoms with Gasteiger partial charge in [0.15, 0.2) is 11.5 Å². The second kappa shape index (κ2) is 7.70. The van der Waals surface area contributed by atoms with Crippen molar-refractivity contribution in [2.24, 2.45) is 17.4 Å². The molecular formula is C19H24ClN3O4. The minimum Gasteiger partial charge on any atom is -0.463 e. The Morgan fingerprint density at radius 2 is 1.93 bits per heavy atom. The molecule has 1 atom stereocenters. The third kappa shape index (κ3) is 3.57. The summed E-state index contributed by atoms with van der Waals surface area (Å²) < 4.78 is 17.2. The van der Waals surface area contributed by atoms with E-state index in [9.17, 15) is 4.79 Å². The zero-order valence-corrected chi connectivity index (χ0v) is 15.7. The normalized spacial score (nSPS) is 28.6. The van der Waals surface area contributed by atoms with Gasteiger partial charge >= 0.3 is 0 Å². The number of allylic oxidation sites excluding steroid dienone is 2. The number of nitrogens with two attached hydrogens (primary N) is 2. The van der Waals surface area contributed by atoms with Crippen LogP contribution in [-0.2, 0) is 4.79 Å². The molecule has 0 spiro atoms. The van der Waals surface area contributed by atoms with Crippen molar-refractivity contribution in [3.05, 3.63) is 42.1 Å². The number of nitrogens with one attached hydrogen (secondary N) is 1. The molecule has 27 heavy (non-hydrogen) atoms. The number of primary amides is 1. The lowest BCUT2D eigenvalue weighted by molar-refractivity contribution is -0.118. The first-order valence-corrected chi connectivity index (χ1v) is 8.87. The molecule has 1 fully saturated rings. The summed E-state index contributed by atoms with van der Waals surface area (Å²) in [6, 6.07) is 5.57. The molecule has 7 nitrogen and oxygen atoms in total. The van der Waals surface area contributed by atoms with Crippen LogP contribution in [0.5, 0.6) is 17.2 Å². The number of hydrogen-bond acceptors (Lipinski definition) is 6. The molecular weight excluding hydrogens is 370 g/mol. The van der Waals surface area contributed by atoms with Crippen LogP contribution in [-0.4, -0.2) is 24.5 Å². The number of rotatable bonds is 4. The quantitative estimate of drug-likeness (QED) is 0.721. The number of ether oxygens (including phenoxy) is 3. The zero-order chi connectivity index (χ0) is 18.1. The average Bonchev–Trinajstić information content (AvgIpc) is 3.10. The third-order valence-corrected chi connectivity index (χ3v) is 5.29. The summed E-state index contributed by atoms with van der Waals surface area (Å²) in [6.45, 7) is 0.192.